The standard InChI is InChI=1S/C15H21N5O/c1-10-5-6-19(13(7-10)8-16)15(21)12-3-4-14-18-17-11(2)20(14)9-12/h3-4,9-10,13H,5-8,16H2,1-2H3. The fourth-order valence-electron chi connectivity index (χ4n) is 3.04. The van der Waals surface area contributed by atoms with Gasteiger partial charge in [0.05, 0.1) is 5.56 Å². The second-order valence-electron chi connectivity index (χ2n) is 5.91. The minimum absolute atomic E-state index is 0.0485. The maximum absolute atomic E-state index is 12.8. The molecule has 112 valence electrons. The molecule has 0 aliphatic carbocycles. The van der Waals surface area contributed by atoms with Crippen LogP contribution in [0.5, 0.6) is 0 Å². The first-order valence-electron chi connectivity index (χ1n) is 7.42. The molecule has 1 amide bonds. The zero-order chi connectivity index (χ0) is 15.0. The Bertz CT molecular complexity index is 665. The highest BCUT2D eigenvalue weighted by atomic mass is 16.2. The molecule has 2 atom stereocenters. The molecule has 0 bridgehead atoms. The fourth-order valence-corrected chi connectivity index (χ4v) is 3.04. The number of carbonyl (C=O) groups excluding carboxylic acids is 1. The molecular weight excluding hydrogens is 266 g/mol. The molecule has 3 heterocycles. The molecule has 1 aliphatic heterocycles. The number of pyridine rings is 1. The van der Waals surface area contributed by atoms with E-state index in [4.69, 9.17) is 5.73 Å². The van der Waals surface area contributed by atoms with Gasteiger partial charge in [0.25, 0.3) is 5.91 Å². The van der Waals surface area contributed by atoms with Crippen LogP contribution < -0.4 is 5.73 Å². The molecule has 3 rings (SSSR count). The summed E-state index contributed by atoms with van der Waals surface area (Å²) < 4.78 is 1.84. The zero-order valence-corrected chi connectivity index (χ0v) is 12.5. The number of hydrogen-bond donors (Lipinski definition) is 1. The molecule has 6 nitrogen and oxygen atoms in total. The smallest absolute Gasteiger partial charge is 0.255 e. The number of nitrogens with zero attached hydrogens (tertiary/aromatic N) is 4. The predicted molar refractivity (Wildman–Crippen MR) is 80.0 cm³/mol. The van der Waals surface area contributed by atoms with Crippen LogP contribution in [0.15, 0.2) is 18.3 Å². The van der Waals surface area contributed by atoms with E-state index in [0.717, 1.165) is 30.9 Å². The van der Waals surface area contributed by atoms with Gasteiger partial charge in [-0.15, -0.1) is 10.2 Å². The normalized spacial score (nSPS) is 22.7. The van der Waals surface area contributed by atoms with Gasteiger partial charge in [0.1, 0.15) is 5.82 Å². The Morgan fingerprint density at radius 1 is 1.43 bits per heavy atom. The first-order chi connectivity index (χ1) is 10.1. The van der Waals surface area contributed by atoms with E-state index in [2.05, 4.69) is 17.1 Å². The third kappa shape index (κ3) is 2.51. The van der Waals surface area contributed by atoms with Gasteiger partial charge in [-0.25, -0.2) is 0 Å². The van der Waals surface area contributed by atoms with E-state index in [0.29, 0.717) is 18.0 Å². The van der Waals surface area contributed by atoms with Crippen molar-refractivity contribution in [3.63, 3.8) is 0 Å². The lowest BCUT2D eigenvalue weighted by Gasteiger charge is -2.38. The summed E-state index contributed by atoms with van der Waals surface area (Å²) in [6.07, 6.45) is 3.84. The van der Waals surface area contributed by atoms with Gasteiger partial charge in [0.2, 0.25) is 0 Å². The van der Waals surface area contributed by atoms with E-state index in [-0.39, 0.29) is 11.9 Å². The molecule has 0 saturated carbocycles. The summed E-state index contributed by atoms with van der Waals surface area (Å²) in [6, 6.07) is 3.79. The first kappa shape index (κ1) is 14.0. The number of rotatable bonds is 2. The monoisotopic (exact) mass is 287 g/mol. The van der Waals surface area contributed by atoms with E-state index in [9.17, 15) is 4.79 Å². The summed E-state index contributed by atoms with van der Waals surface area (Å²) in [5.41, 5.74) is 7.27. The van der Waals surface area contributed by atoms with Gasteiger partial charge >= 0.3 is 0 Å². The van der Waals surface area contributed by atoms with Gasteiger partial charge in [-0.3, -0.25) is 9.20 Å². The second kappa shape index (κ2) is 5.44. The molecular formula is C15H21N5O. The highest BCUT2D eigenvalue weighted by molar-refractivity contribution is 5.94. The number of hydrogen-bond acceptors (Lipinski definition) is 4. The lowest BCUT2D eigenvalue weighted by Crippen LogP contribution is -2.49. The van der Waals surface area contributed by atoms with Crippen molar-refractivity contribution in [2.45, 2.75) is 32.7 Å². The quantitative estimate of drug-likeness (QED) is 0.901. The van der Waals surface area contributed by atoms with Crippen LogP contribution in [0.3, 0.4) is 0 Å². The molecule has 0 aromatic carbocycles. The topological polar surface area (TPSA) is 76.5 Å². The summed E-state index contributed by atoms with van der Waals surface area (Å²) in [6.45, 7) is 5.39. The Morgan fingerprint density at radius 3 is 3.00 bits per heavy atom. The Labute approximate surface area is 123 Å². The lowest BCUT2D eigenvalue weighted by atomic mass is 9.92. The summed E-state index contributed by atoms with van der Waals surface area (Å²) >= 11 is 0. The number of carbonyl (C=O) groups is 1. The van der Waals surface area contributed by atoms with Gasteiger partial charge in [-0.1, -0.05) is 6.92 Å². The predicted octanol–water partition coefficient (Wildman–Crippen LogP) is 1.24. The van der Waals surface area contributed by atoms with Crippen LogP contribution in [0.4, 0.5) is 0 Å². The minimum atomic E-state index is 0.0485. The first-order valence-corrected chi connectivity index (χ1v) is 7.42. The number of amides is 1. The zero-order valence-electron chi connectivity index (χ0n) is 12.5. The van der Waals surface area contributed by atoms with Crippen LogP contribution in [0, 0.1) is 12.8 Å². The summed E-state index contributed by atoms with van der Waals surface area (Å²) in [5.74, 6) is 1.46. The van der Waals surface area contributed by atoms with Crippen LogP contribution in [0.1, 0.15) is 35.9 Å². The Hall–Kier alpha value is -1.95. The van der Waals surface area contributed by atoms with Crippen molar-refractivity contribution < 1.29 is 4.79 Å². The van der Waals surface area contributed by atoms with Gasteiger partial charge < -0.3 is 10.6 Å². The number of piperidine rings is 1. The van der Waals surface area contributed by atoms with Crippen LogP contribution in [0.2, 0.25) is 0 Å². The van der Waals surface area contributed by atoms with E-state index < -0.39 is 0 Å². The molecule has 6 heteroatoms. The fraction of sp³-hybridized carbons (Fsp3) is 0.533. The summed E-state index contributed by atoms with van der Waals surface area (Å²) in [4.78, 5) is 14.7. The van der Waals surface area contributed by atoms with Gasteiger partial charge in [-0.05, 0) is 37.8 Å². The van der Waals surface area contributed by atoms with Crippen LogP contribution in [-0.4, -0.2) is 44.5 Å². The molecule has 1 saturated heterocycles. The molecule has 2 aromatic rings. The molecule has 1 aliphatic rings. The van der Waals surface area contributed by atoms with Crippen LogP contribution >= 0.6 is 0 Å². The third-order valence-corrected chi connectivity index (χ3v) is 4.33. The highest BCUT2D eigenvalue weighted by Crippen LogP contribution is 2.23. The van der Waals surface area contributed by atoms with Gasteiger partial charge in [0, 0.05) is 25.3 Å². The minimum Gasteiger partial charge on any atom is -0.334 e. The average molecular weight is 287 g/mol. The van der Waals surface area contributed by atoms with Crippen molar-refractivity contribution in [3.8, 4) is 0 Å². The molecule has 21 heavy (non-hydrogen) atoms. The van der Waals surface area contributed by atoms with Crippen molar-refractivity contribution in [2.24, 2.45) is 11.7 Å². The molecule has 2 unspecified atom stereocenters. The second-order valence-corrected chi connectivity index (χ2v) is 5.91. The SMILES string of the molecule is Cc1nnc2ccc(C(=O)N3CCC(C)CC3CN)cn12. The Morgan fingerprint density at radius 2 is 2.24 bits per heavy atom. The van der Waals surface area contributed by atoms with E-state index in [1.54, 1.807) is 0 Å². The average Bonchev–Trinajstić information content (AvgIpc) is 2.87. The third-order valence-electron chi connectivity index (χ3n) is 4.33. The number of fused-ring (bicyclic) bond motifs is 1. The molecule has 0 radical (unpaired) electrons. The number of aryl methyl sites for hydroxylation is 1. The maximum atomic E-state index is 12.8. The van der Waals surface area contributed by atoms with E-state index in [1.165, 1.54) is 0 Å². The molecule has 1 fully saturated rings. The molecule has 2 aromatic heterocycles. The largest absolute Gasteiger partial charge is 0.334 e. The van der Waals surface area contributed by atoms with Crippen molar-refractivity contribution in [1.29, 1.82) is 0 Å². The van der Waals surface area contributed by atoms with Crippen molar-refractivity contribution in [1.82, 2.24) is 19.5 Å². The van der Waals surface area contributed by atoms with E-state index >= 15 is 0 Å². The van der Waals surface area contributed by atoms with Crippen molar-refractivity contribution in [2.75, 3.05) is 13.1 Å². The molecule has 2 N–H and O–H groups in total. The van der Waals surface area contributed by atoms with Crippen LogP contribution in [0.25, 0.3) is 5.65 Å². The number of aromatic nitrogens is 3. The van der Waals surface area contributed by atoms with Gasteiger partial charge in [0.15, 0.2) is 5.65 Å². The maximum Gasteiger partial charge on any atom is 0.255 e. The van der Waals surface area contributed by atoms with Crippen molar-refractivity contribution in [3.05, 3.63) is 29.7 Å². The Balaban J connectivity index is 1.90. The Kier molecular flexibility index (Phi) is 3.63. The van der Waals surface area contributed by atoms with Gasteiger partial charge in [-0.2, -0.15) is 0 Å². The summed E-state index contributed by atoms with van der Waals surface area (Å²) in [5, 5.41) is 8.06. The molecule has 0 spiro atoms. The lowest BCUT2D eigenvalue weighted by molar-refractivity contribution is 0.0573. The van der Waals surface area contributed by atoms with Crippen molar-refractivity contribution >= 4 is 11.6 Å². The number of nitrogens with two attached hydrogens (primary N) is 1. The van der Waals surface area contributed by atoms with E-state index in [1.807, 2.05) is 34.6 Å². The highest BCUT2D eigenvalue weighted by Gasteiger charge is 2.29. The van der Waals surface area contributed by atoms with Crippen LogP contribution in [-0.2, 0) is 0 Å². The summed E-state index contributed by atoms with van der Waals surface area (Å²) in [7, 11) is 0. The number of likely N-dealkylation sites (tertiary alicyclic amines) is 1.